The summed E-state index contributed by atoms with van der Waals surface area (Å²) in [5.74, 6) is -2.79. The molecule has 0 saturated carbocycles. The van der Waals surface area contributed by atoms with E-state index in [4.69, 9.17) is 26.5 Å². The maximum atomic E-state index is 10.3. The van der Waals surface area contributed by atoms with E-state index in [0.29, 0.717) is 16.1 Å². The molecule has 1 N–H and O–H groups in total. The van der Waals surface area contributed by atoms with Gasteiger partial charge in [-0.05, 0) is 29.8 Å². The van der Waals surface area contributed by atoms with Crippen LogP contribution in [0.5, 0.6) is 0 Å². The maximum absolute atomic E-state index is 10.3. The van der Waals surface area contributed by atoms with E-state index in [1.54, 1.807) is 43.3 Å². The molecule has 32 heavy (non-hydrogen) atoms. The number of hydrogen-bond donors (Lipinski definition) is 1. The lowest BCUT2D eigenvalue weighted by atomic mass is 9.53. The molecule has 2 aliphatic rings. The third kappa shape index (κ3) is 2.52. The van der Waals surface area contributed by atoms with Crippen molar-refractivity contribution in [1.29, 1.82) is 21.2 Å². The first kappa shape index (κ1) is 21.7. The zero-order chi connectivity index (χ0) is 23.3. The zero-order valence-corrected chi connectivity index (χ0v) is 18.5. The first-order valence-electron chi connectivity index (χ1n) is 9.95. The number of anilines is 1. The number of hydrogen-bond acceptors (Lipinski definition) is 7. The molecule has 8 heteroatoms. The van der Waals surface area contributed by atoms with E-state index in [9.17, 15) is 15.8 Å². The summed E-state index contributed by atoms with van der Waals surface area (Å²) in [6, 6.07) is 20.2. The van der Waals surface area contributed by atoms with Crippen LogP contribution in [0.3, 0.4) is 0 Å². The molecule has 0 spiro atoms. The van der Waals surface area contributed by atoms with E-state index in [1.807, 2.05) is 31.1 Å². The Bertz CT molecular complexity index is 1190. The molecule has 0 radical (unpaired) electrons. The molecule has 2 fully saturated rings. The molecule has 160 valence electrons. The van der Waals surface area contributed by atoms with Crippen LogP contribution in [0, 0.1) is 56.2 Å². The average molecular weight is 446 g/mol. The molecule has 7 nitrogen and oxygen atoms in total. The van der Waals surface area contributed by atoms with Crippen molar-refractivity contribution in [1.82, 2.24) is 0 Å². The van der Waals surface area contributed by atoms with Gasteiger partial charge in [0.05, 0.1) is 24.1 Å². The highest BCUT2D eigenvalue weighted by atomic mass is 35.5. The third-order valence-electron chi connectivity index (χ3n) is 6.63. The summed E-state index contributed by atoms with van der Waals surface area (Å²) in [5.41, 5.74) is -1.81. The first-order valence-corrected chi connectivity index (χ1v) is 10.3. The number of nitriles is 3. The van der Waals surface area contributed by atoms with Gasteiger partial charge in [0.1, 0.15) is 6.10 Å². The fourth-order valence-electron chi connectivity index (χ4n) is 4.80. The number of rotatable bonds is 3. The molecular formula is C24H20ClN5O2. The van der Waals surface area contributed by atoms with Gasteiger partial charge in [0.25, 0.3) is 0 Å². The molecule has 2 bridgehead atoms. The van der Waals surface area contributed by atoms with Crippen LogP contribution in [0.1, 0.15) is 24.2 Å². The van der Waals surface area contributed by atoms with Crippen molar-refractivity contribution in [3.8, 4) is 18.2 Å². The van der Waals surface area contributed by atoms with E-state index in [0.717, 1.165) is 5.69 Å². The average Bonchev–Trinajstić information content (AvgIpc) is 2.96. The Kier molecular flexibility index (Phi) is 4.90. The summed E-state index contributed by atoms with van der Waals surface area (Å²) < 4.78 is 12.4. The summed E-state index contributed by atoms with van der Waals surface area (Å²) in [4.78, 5) is 1.92. The van der Waals surface area contributed by atoms with E-state index >= 15 is 0 Å². The molecule has 4 unspecified atom stereocenters. The summed E-state index contributed by atoms with van der Waals surface area (Å²) in [6.45, 7) is 1.67. The van der Waals surface area contributed by atoms with E-state index < -0.39 is 34.5 Å². The summed E-state index contributed by atoms with van der Waals surface area (Å²) in [6.07, 6.45) is -1.14. The Hall–Kier alpha value is -3.57. The largest absolute Gasteiger partial charge is 0.443 e. The van der Waals surface area contributed by atoms with E-state index in [-0.39, 0.29) is 0 Å². The van der Waals surface area contributed by atoms with Crippen LogP contribution in [-0.4, -0.2) is 20.0 Å². The molecule has 4 rings (SSSR count). The van der Waals surface area contributed by atoms with Gasteiger partial charge in [0.2, 0.25) is 17.1 Å². The summed E-state index contributed by atoms with van der Waals surface area (Å²) in [7, 11) is 3.80. The number of fused-ring (bicyclic) bond motifs is 2. The molecular weight excluding hydrogens is 426 g/mol. The molecule has 0 amide bonds. The quantitative estimate of drug-likeness (QED) is 0.742. The van der Waals surface area contributed by atoms with Crippen LogP contribution in [-0.2, 0) is 15.3 Å². The minimum atomic E-state index is -2.00. The van der Waals surface area contributed by atoms with Gasteiger partial charge < -0.3 is 14.4 Å². The van der Waals surface area contributed by atoms with Crippen LogP contribution < -0.4 is 4.90 Å². The minimum absolute atomic E-state index is 0.446. The van der Waals surface area contributed by atoms with E-state index in [2.05, 4.69) is 18.2 Å². The van der Waals surface area contributed by atoms with Crippen molar-refractivity contribution < 1.29 is 9.47 Å². The lowest BCUT2D eigenvalue weighted by molar-refractivity contribution is -0.288. The minimum Gasteiger partial charge on any atom is -0.443 e. The van der Waals surface area contributed by atoms with Gasteiger partial charge in [0, 0.05) is 30.4 Å². The number of nitrogens with one attached hydrogen (secondary N) is 1. The maximum Gasteiger partial charge on any atom is 0.244 e. The van der Waals surface area contributed by atoms with Gasteiger partial charge in [-0.2, -0.15) is 15.8 Å². The van der Waals surface area contributed by atoms with E-state index in [1.165, 1.54) is 0 Å². The standard InChI is InChI=1S/C24H20ClN5O2/c1-15-23(14-28)21(29)32-24(15,17-6-8-18(25)9-7-17)31-20(22(23,12-26)13-27)16-4-10-19(11-5-16)30(2)3/h4-11,15,20,29H,1-3H3. The zero-order valence-electron chi connectivity index (χ0n) is 17.8. The lowest BCUT2D eigenvalue weighted by Crippen LogP contribution is -2.57. The topological polar surface area (TPSA) is 117 Å². The lowest BCUT2D eigenvalue weighted by Gasteiger charge is -2.48. The second-order valence-electron chi connectivity index (χ2n) is 8.26. The number of ether oxygens (including phenoxy) is 2. The first-order chi connectivity index (χ1) is 15.2. The van der Waals surface area contributed by atoms with Crippen molar-refractivity contribution in [3.63, 3.8) is 0 Å². The van der Waals surface area contributed by atoms with Crippen LogP contribution >= 0.6 is 11.6 Å². The molecule has 2 aliphatic heterocycles. The Morgan fingerprint density at radius 1 is 0.969 bits per heavy atom. The molecule has 2 saturated heterocycles. The Morgan fingerprint density at radius 3 is 2.06 bits per heavy atom. The molecule has 2 aromatic rings. The van der Waals surface area contributed by atoms with Crippen molar-refractivity contribution in [2.75, 3.05) is 19.0 Å². The Labute approximate surface area is 191 Å². The van der Waals surface area contributed by atoms with Crippen LogP contribution in [0.2, 0.25) is 5.02 Å². The second-order valence-corrected chi connectivity index (χ2v) is 8.70. The summed E-state index contributed by atoms with van der Waals surface area (Å²) in [5, 5.41) is 40.0. The molecule has 2 aromatic carbocycles. The molecule has 2 heterocycles. The van der Waals surface area contributed by atoms with Gasteiger partial charge in [-0.25, -0.2) is 0 Å². The van der Waals surface area contributed by atoms with Gasteiger partial charge in [-0.15, -0.1) is 0 Å². The highest BCUT2D eigenvalue weighted by Gasteiger charge is 2.79. The normalized spacial score (nSPS) is 29.8. The Balaban J connectivity index is 1.99. The van der Waals surface area contributed by atoms with Gasteiger partial charge in [0.15, 0.2) is 5.41 Å². The fourth-order valence-corrected chi connectivity index (χ4v) is 4.92. The van der Waals surface area contributed by atoms with Crippen LogP contribution in [0.15, 0.2) is 48.5 Å². The predicted octanol–water partition coefficient (Wildman–Crippen LogP) is 4.52. The van der Waals surface area contributed by atoms with Gasteiger partial charge in [-0.1, -0.05) is 42.8 Å². The number of nitrogens with zero attached hydrogens (tertiary/aromatic N) is 4. The highest BCUT2D eigenvalue weighted by Crippen LogP contribution is 2.68. The fraction of sp³-hybridized carbons (Fsp3) is 0.333. The van der Waals surface area contributed by atoms with Crippen LogP contribution in [0.25, 0.3) is 0 Å². The molecule has 0 aliphatic carbocycles. The van der Waals surface area contributed by atoms with Crippen molar-refractivity contribution >= 4 is 23.2 Å². The number of halogens is 1. The van der Waals surface area contributed by atoms with Crippen LogP contribution in [0.4, 0.5) is 5.69 Å². The van der Waals surface area contributed by atoms with Crippen molar-refractivity contribution in [3.05, 3.63) is 64.7 Å². The Morgan fingerprint density at radius 2 is 1.56 bits per heavy atom. The van der Waals surface area contributed by atoms with Gasteiger partial charge in [-0.3, -0.25) is 5.41 Å². The monoisotopic (exact) mass is 445 g/mol. The predicted molar refractivity (Wildman–Crippen MR) is 117 cm³/mol. The van der Waals surface area contributed by atoms with Crippen molar-refractivity contribution in [2.24, 2.45) is 16.7 Å². The molecule has 4 atom stereocenters. The van der Waals surface area contributed by atoms with Crippen molar-refractivity contribution in [2.45, 2.75) is 18.8 Å². The smallest absolute Gasteiger partial charge is 0.244 e. The second kappa shape index (κ2) is 7.24. The SMILES string of the molecule is CC1C2(c3ccc(Cl)cc3)OC(=N)C1(C#N)C(C#N)(C#N)C(c1ccc(N(C)C)cc1)O2. The third-order valence-corrected chi connectivity index (χ3v) is 6.88. The van der Waals surface area contributed by atoms with Gasteiger partial charge >= 0.3 is 0 Å². The molecule has 0 aromatic heterocycles. The number of benzene rings is 2. The highest BCUT2D eigenvalue weighted by molar-refractivity contribution is 6.30. The summed E-state index contributed by atoms with van der Waals surface area (Å²) >= 11 is 6.06.